The number of halogens is 3. The molecule has 106 valence electrons. The molecule has 3 rings (SSSR count). The maximum atomic E-state index is 13.2. The molecule has 0 spiro atoms. The molecule has 0 aliphatic carbocycles. The van der Waals surface area contributed by atoms with Gasteiger partial charge in [0.05, 0.1) is 10.6 Å². The molecular weight excluding hydrogens is 300 g/mol. The van der Waals surface area contributed by atoms with Crippen molar-refractivity contribution in [2.24, 2.45) is 0 Å². The highest BCUT2D eigenvalue weighted by Crippen LogP contribution is 2.33. The highest BCUT2D eigenvalue weighted by Gasteiger charge is 2.16. The Balaban J connectivity index is 2.06. The van der Waals surface area contributed by atoms with Gasteiger partial charge >= 0.3 is 0 Å². The Morgan fingerprint density at radius 2 is 1.90 bits per heavy atom. The first-order valence-electron chi connectivity index (χ1n) is 5.90. The number of aromatic nitrogens is 2. The first-order chi connectivity index (χ1) is 10.1. The van der Waals surface area contributed by atoms with Gasteiger partial charge in [0, 0.05) is 11.3 Å². The van der Waals surface area contributed by atoms with E-state index < -0.39 is 11.6 Å². The smallest absolute Gasteiger partial charge is 0.261 e. The zero-order valence-corrected chi connectivity index (χ0v) is 11.2. The molecule has 0 bridgehead atoms. The fourth-order valence-corrected chi connectivity index (χ4v) is 2.11. The molecule has 0 radical (unpaired) electrons. The molecule has 4 nitrogen and oxygen atoms in total. The topological polar surface area (TPSA) is 64.9 Å². The van der Waals surface area contributed by atoms with Crippen LogP contribution in [-0.4, -0.2) is 10.1 Å². The van der Waals surface area contributed by atoms with Gasteiger partial charge in [-0.3, -0.25) is 0 Å². The molecule has 7 heteroatoms. The lowest BCUT2D eigenvalue weighted by Gasteiger charge is -2.01. The van der Waals surface area contributed by atoms with Crippen LogP contribution in [0.1, 0.15) is 0 Å². The Kier molecular flexibility index (Phi) is 3.31. The minimum absolute atomic E-state index is 0.109. The van der Waals surface area contributed by atoms with Crippen molar-refractivity contribution in [2.45, 2.75) is 0 Å². The molecule has 2 N–H and O–H groups in total. The monoisotopic (exact) mass is 307 g/mol. The summed E-state index contributed by atoms with van der Waals surface area (Å²) in [5.41, 5.74) is 6.89. The molecule has 1 heterocycles. The average Bonchev–Trinajstić information content (AvgIpc) is 2.91. The quantitative estimate of drug-likeness (QED) is 0.729. The molecule has 0 aliphatic heterocycles. The van der Waals surface area contributed by atoms with E-state index in [2.05, 4.69) is 10.1 Å². The zero-order chi connectivity index (χ0) is 15.0. The lowest BCUT2D eigenvalue weighted by molar-refractivity contribution is 0.432. The van der Waals surface area contributed by atoms with E-state index in [1.165, 1.54) is 6.07 Å². The Labute approximate surface area is 123 Å². The Morgan fingerprint density at radius 1 is 1.10 bits per heavy atom. The van der Waals surface area contributed by atoms with Crippen molar-refractivity contribution in [3.63, 3.8) is 0 Å². The van der Waals surface area contributed by atoms with E-state index in [1.807, 2.05) is 0 Å². The van der Waals surface area contributed by atoms with E-state index >= 15 is 0 Å². The van der Waals surface area contributed by atoms with Crippen LogP contribution in [0.25, 0.3) is 22.8 Å². The summed E-state index contributed by atoms with van der Waals surface area (Å²) in [4.78, 5) is 4.11. The molecule has 0 fully saturated rings. The van der Waals surface area contributed by atoms with Crippen molar-refractivity contribution in [3.8, 4) is 22.8 Å². The molecule has 2 aromatic carbocycles. The number of hydrogen-bond acceptors (Lipinski definition) is 4. The van der Waals surface area contributed by atoms with E-state index in [-0.39, 0.29) is 17.3 Å². The maximum Gasteiger partial charge on any atom is 0.261 e. The lowest BCUT2D eigenvalue weighted by atomic mass is 10.1. The van der Waals surface area contributed by atoms with Crippen LogP contribution < -0.4 is 5.73 Å². The van der Waals surface area contributed by atoms with Crippen LogP contribution in [0, 0.1) is 11.6 Å². The number of hydrogen-bond donors (Lipinski definition) is 1. The van der Waals surface area contributed by atoms with Crippen molar-refractivity contribution in [1.29, 1.82) is 0 Å². The molecule has 0 unspecified atom stereocenters. The summed E-state index contributed by atoms with van der Waals surface area (Å²) < 4.78 is 31.2. The zero-order valence-electron chi connectivity index (χ0n) is 10.5. The summed E-state index contributed by atoms with van der Waals surface area (Å²) in [7, 11) is 0. The molecule has 21 heavy (non-hydrogen) atoms. The molecule has 0 amide bonds. The summed E-state index contributed by atoms with van der Waals surface area (Å²) in [6.45, 7) is 0. The molecule has 0 saturated carbocycles. The second kappa shape index (κ2) is 5.14. The van der Waals surface area contributed by atoms with Gasteiger partial charge in [0.2, 0.25) is 5.82 Å². The Morgan fingerprint density at radius 3 is 2.62 bits per heavy atom. The van der Waals surface area contributed by atoms with Gasteiger partial charge in [0.25, 0.3) is 5.89 Å². The number of nitrogens with two attached hydrogens (primary N) is 1. The molecular formula is C14H8ClF2N3O. The second-order valence-corrected chi connectivity index (χ2v) is 4.66. The summed E-state index contributed by atoms with van der Waals surface area (Å²) in [5, 5.41) is 4.08. The van der Waals surface area contributed by atoms with Gasteiger partial charge in [-0.1, -0.05) is 22.8 Å². The minimum Gasteiger partial charge on any atom is -0.398 e. The highest BCUT2D eigenvalue weighted by atomic mass is 35.5. The average molecular weight is 308 g/mol. The van der Waals surface area contributed by atoms with E-state index in [9.17, 15) is 8.78 Å². The van der Waals surface area contributed by atoms with Crippen LogP contribution >= 0.6 is 11.6 Å². The third kappa shape index (κ3) is 2.45. The van der Waals surface area contributed by atoms with Crippen molar-refractivity contribution in [1.82, 2.24) is 10.1 Å². The van der Waals surface area contributed by atoms with Crippen LogP contribution in [0.3, 0.4) is 0 Å². The molecule has 0 atom stereocenters. The van der Waals surface area contributed by atoms with Crippen LogP contribution in [0.4, 0.5) is 14.5 Å². The molecule has 1 aromatic heterocycles. The number of rotatable bonds is 2. The van der Waals surface area contributed by atoms with Gasteiger partial charge in [-0.05, 0) is 30.3 Å². The van der Waals surface area contributed by atoms with Gasteiger partial charge in [-0.2, -0.15) is 4.98 Å². The summed E-state index contributed by atoms with van der Waals surface area (Å²) >= 11 is 6.05. The lowest BCUT2D eigenvalue weighted by Crippen LogP contribution is -1.91. The number of anilines is 1. The molecule has 3 aromatic rings. The van der Waals surface area contributed by atoms with Crippen molar-refractivity contribution < 1.29 is 13.3 Å². The minimum atomic E-state index is -0.990. The predicted molar refractivity (Wildman–Crippen MR) is 74.5 cm³/mol. The van der Waals surface area contributed by atoms with E-state index in [0.717, 1.165) is 12.1 Å². The predicted octanol–water partition coefficient (Wildman–Crippen LogP) is 3.92. The normalized spacial score (nSPS) is 10.8. The maximum absolute atomic E-state index is 13.2. The van der Waals surface area contributed by atoms with Gasteiger partial charge in [0.15, 0.2) is 11.6 Å². The third-order valence-electron chi connectivity index (χ3n) is 2.86. The van der Waals surface area contributed by atoms with E-state index in [1.54, 1.807) is 18.2 Å². The number of nitrogens with zero attached hydrogens (tertiary/aromatic N) is 2. The fraction of sp³-hybridized carbons (Fsp3) is 0. The molecule has 0 saturated heterocycles. The summed E-state index contributed by atoms with van der Waals surface area (Å²) in [5.74, 6) is -1.71. The largest absolute Gasteiger partial charge is 0.398 e. The van der Waals surface area contributed by atoms with Gasteiger partial charge in [-0.15, -0.1) is 0 Å². The van der Waals surface area contributed by atoms with Gasteiger partial charge < -0.3 is 10.3 Å². The van der Waals surface area contributed by atoms with Crippen LogP contribution in [0.5, 0.6) is 0 Å². The summed E-state index contributed by atoms with van der Waals surface area (Å²) in [6, 6.07) is 8.29. The van der Waals surface area contributed by atoms with Crippen molar-refractivity contribution >= 4 is 17.3 Å². The van der Waals surface area contributed by atoms with Gasteiger partial charge in [-0.25, -0.2) is 8.78 Å². The van der Waals surface area contributed by atoms with Crippen molar-refractivity contribution in [3.05, 3.63) is 53.1 Å². The standard InChI is InChI=1S/C14H8ClF2N3O/c15-8-2-1-3-11(18)12(8)14-19-13(20-21-14)7-4-5-9(16)10(17)6-7/h1-6H,18H2. The first-order valence-corrected chi connectivity index (χ1v) is 6.27. The van der Waals surface area contributed by atoms with E-state index in [4.69, 9.17) is 21.9 Å². The van der Waals surface area contributed by atoms with Crippen LogP contribution in [0.15, 0.2) is 40.9 Å². The third-order valence-corrected chi connectivity index (χ3v) is 3.18. The van der Waals surface area contributed by atoms with E-state index in [0.29, 0.717) is 16.3 Å². The summed E-state index contributed by atoms with van der Waals surface area (Å²) in [6.07, 6.45) is 0. The Bertz CT molecular complexity index is 799. The first kappa shape index (κ1) is 13.5. The highest BCUT2D eigenvalue weighted by molar-refractivity contribution is 6.33. The van der Waals surface area contributed by atoms with Crippen LogP contribution in [0.2, 0.25) is 5.02 Å². The molecule has 0 aliphatic rings. The number of benzene rings is 2. The fourth-order valence-electron chi connectivity index (χ4n) is 1.84. The number of nitrogen functional groups attached to an aromatic ring is 1. The van der Waals surface area contributed by atoms with Crippen molar-refractivity contribution in [2.75, 3.05) is 5.73 Å². The Hall–Kier alpha value is -2.47. The SMILES string of the molecule is Nc1cccc(Cl)c1-c1nc(-c2ccc(F)c(F)c2)no1. The van der Waals surface area contributed by atoms with Gasteiger partial charge in [0.1, 0.15) is 0 Å². The van der Waals surface area contributed by atoms with Crippen LogP contribution in [-0.2, 0) is 0 Å². The second-order valence-electron chi connectivity index (χ2n) is 4.26.